The molecule has 0 unspecified atom stereocenters. The lowest BCUT2D eigenvalue weighted by atomic mass is 9.83. The lowest BCUT2D eigenvalue weighted by molar-refractivity contribution is -0.0879. The van der Waals surface area contributed by atoms with Crippen molar-refractivity contribution in [3.05, 3.63) is 53.5 Å². The Morgan fingerprint density at radius 3 is 2.46 bits per heavy atom. The summed E-state index contributed by atoms with van der Waals surface area (Å²) >= 11 is 1.34. The minimum Gasteiger partial charge on any atom is -0.427 e. The van der Waals surface area contributed by atoms with Gasteiger partial charge in [0.15, 0.2) is 0 Å². The molecular weight excluding hydrogens is 597 g/mol. The summed E-state index contributed by atoms with van der Waals surface area (Å²) in [7, 11) is -8.71. The molecule has 2 heterocycles. The molecule has 0 atom stereocenters. The maximum absolute atomic E-state index is 13.2. The van der Waals surface area contributed by atoms with Crippen LogP contribution in [0, 0.1) is 5.92 Å². The highest BCUT2D eigenvalue weighted by molar-refractivity contribution is 7.93. The number of sulfonamides is 1. The zero-order valence-electron chi connectivity index (χ0n) is 22.3. The summed E-state index contributed by atoms with van der Waals surface area (Å²) in [6, 6.07) is 11.0. The van der Waals surface area contributed by atoms with Gasteiger partial charge in [0.1, 0.15) is 16.0 Å². The Kier molecular flexibility index (Phi) is 9.36. The molecule has 1 aliphatic heterocycles. The number of carbonyl (C=O) groups excluding carboxylic acids is 2. The molecule has 0 radical (unpaired) electrons. The Labute approximate surface area is 240 Å². The Morgan fingerprint density at radius 1 is 1.15 bits per heavy atom. The van der Waals surface area contributed by atoms with Crippen LogP contribution >= 0.6 is 19.2 Å². The third-order valence-electron chi connectivity index (χ3n) is 6.44. The maximum Gasteiger partial charge on any atom is 0.510 e. The largest absolute Gasteiger partial charge is 0.510 e. The number of fused-ring (bicyclic) bond motifs is 1. The van der Waals surface area contributed by atoms with Crippen LogP contribution in [-0.4, -0.2) is 65.6 Å². The molecule has 1 amide bonds. The number of phosphoric acid groups is 1. The number of hydrogen-bond donors (Lipinski definition) is 3. The fourth-order valence-electron chi connectivity index (χ4n) is 4.71. The SMILES string of the molecule is CC(C)CC1(OC(=O)OCOP(=O)(O)O)CCN(C(=O)c2ccc(NS(=O)(=O)c3cccc4scnc34)cc2)CC1. The number of likely N-dealkylation sites (tertiary alicyclic amines) is 1. The lowest BCUT2D eigenvalue weighted by Gasteiger charge is -2.41. The molecule has 13 nitrogen and oxygen atoms in total. The van der Waals surface area contributed by atoms with E-state index in [1.54, 1.807) is 22.5 Å². The number of ether oxygens (including phenoxy) is 2. The van der Waals surface area contributed by atoms with Crippen LogP contribution in [0.4, 0.5) is 10.5 Å². The van der Waals surface area contributed by atoms with Gasteiger partial charge in [-0.05, 0) is 48.7 Å². The van der Waals surface area contributed by atoms with Gasteiger partial charge in [-0.25, -0.2) is 27.3 Å². The summed E-state index contributed by atoms with van der Waals surface area (Å²) in [5.41, 5.74) is 1.70. The third kappa shape index (κ3) is 8.03. The number of rotatable bonds is 10. The predicted molar refractivity (Wildman–Crippen MR) is 150 cm³/mol. The third-order valence-corrected chi connectivity index (χ3v) is 9.09. The minimum absolute atomic E-state index is 0.0648. The van der Waals surface area contributed by atoms with Gasteiger partial charge in [0.25, 0.3) is 15.9 Å². The van der Waals surface area contributed by atoms with Crippen LogP contribution in [-0.2, 0) is 28.6 Å². The fourth-order valence-corrected chi connectivity index (χ4v) is 6.90. The lowest BCUT2D eigenvalue weighted by Crippen LogP contribution is -2.49. The first-order chi connectivity index (χ1) is 19.3. The van der Waals surface area contributed by atoms with Crippen LogP contribution in [0.1, 0.15) is 43.5 Å². The summed E-state index contributed by atoms with van der Waals surface area (Å²) in [5.74, 6) is -0.113. The number of anilines is 1. The van der Waals surface area contributed by atoms with Crippen LogP contribution in [0.2, 0.25) is 0 Å². The van der Waals surface area contributed by atoms with Crippen molar-refractivity contribution < 1.29 is 46.4 Å². The van der Waals surface area contributed by atoms with E-state index in [-0.39, 0.29) is 35.5 Å². The second-order valence-electron chi connectivity index (χ2n) is 9.95. The first-order valence-electron chi connectivity index (χ1n) is 12.6. The number of hydrogen-bond acceptors (Lipinski definition) is 10. The average Bonchev–Trinajstić information content (AvgIpc) is 3.37. The van der Waals surface area contributed by atoms with Gasteiger partial charge in [-0.1, -0.05) is 19.9 Å². The molecule has 4 rings (SSSR count). The molecule has 3 N–H and O–H groups in total. The van der Waals surface area contributed by atoms with Crippen molar-refractivity contribution in [1.29, 1.82) is 0 Å². The van der Waals surface area contributed by atoms with E-state index in [2.05, 4.69) is 19.0 Å². The highest BCUT2D eigenvalue weighted by Gasteiger charge is 2.40. The average molecular weight is 628 g/mol. The number of aromatic nitrogens is 1. The fraction of sp³-hybridized carbons (Fsp3) is 0.400. The Hall–Kier alpha value is -3.07. The van der Waals surface area contributed by atoms with E-state index < -0.39 is 36.4 Å². The van der Waals surface area contributed by atoms with Crippen LogP contribution in [0.15, 0.2) is 52.9 Å². The predicted octanol–water partition coefficient (Wildman–Crippen LogP) is 4.34. The Morgan fingerprint density at radius 2 is 1.83 bits per heavy atom. The van der Waals surface area contributed by atoms with Gasteiger partial charge in [0.05, 0.1) is 10.2 Å². The second kappa shape index (κ2) is 12.4. The smallest absolute Gasteiger partial charge is 0.427 e. The second-order valence-corrected chi connectivity index (χ2v) is 13.7. The van der Waals surface area contributed by atoms with Crippen LogP contribution in [0.5, 0.6) is 0 Å². The van der Waals surface area contributed by atoms with E-state index in [4.69, 9.17) is 14.5 Å². The summed E-state index contributed by atoms with van der Waals surface area (Å²) in [6.07, 6.45) is 0.0204. The van der Waals surface area contributed by atoms with Crippen LogP contribution in [0.25, 0.3) is 10.2 Å². The molecular formula is C25H30N3O10PS2. The standard InChI is InChI=1S/C25H30N3O10PS2/c1-17(2)14-25(38-24(30)36-16-37-39(31,32)33)10-12-28(13-11-25)23(29)18-6-8-19(9-7-18)27-41(34,35)21-5-3-4-20-22(21)26-15-40-20/h3-9,15,17,27H,10-14,16H2,1-2H3,(H2,31,32,33). The highest BCUT2D eigenvalue weighted by Crippen LogP contribution is 2.36. The summed E-state index contributed by atoms with van der Waals surface area (Å²) < 4.78 is 54.4. The number of benzene rings is 2. The quantitative estimate of drug-likeness (QED) is 0.165. The Balaban J connectivity index is 1.37. The van der Waals surface area contributed by atoms with Gasteiger partial charge < -0.3 is 24.2 Å². The van der Waals surface area contributed by atoms with Gasteiger partial charge in [0, 0.05) is 37.2 Å². The van der Waals surface area contributed by atoms with Crippen molar-refractivity contribution in [1.82, 2.24) is 9.88 Å². The molecule has 1 aliphatic rings. The van der Waals surface area contributed by atoms with Gasteiger partial charge in [-0.2, -0.15) is 0 Å². The molecule has 0 bridgehead atoms. The molecule has 1 fully saturated rings. The number of nitrogens with zero attached hydrogens (tertiary/aromatic N) is 2. The van der Waals surface area contributed by atoms with E-state index in [1.165, 1.54) is 41.7 Å². The molecule has 3 aromatic rings. The van der Waals surface area contributed by atoms with Gasteiger partial charge in [0.2, 0.25) is 6.79 Å². The van der Waals surface area contributed by atoms with Crippen LogP contribution < -0.4 is 4.72 Å². The highest BCUT2D eigenvalue weighted by atomic mass is 32.2. The number of amides is 1. The molecule has 1 saturated heterocycles. The van der Waals surface area contributed by atoms with E-state index in [0.29, 0.717) is 30.3 Å². The maximum atomic E-state index is 13.2. The number of phosphoric ester groups is 1. The van der Waals surface area contributed by atoms with Crippen molar-refractivity contribution in [2.45, 2.75) is 43.6 Å². The molecule has 0 spiro atoms. The topological polar surface area (TPSA) is 182 Å². The summed E-state index contributed by atoms with van der Waals surface area (Å²) in [4.78, 5) is 48.7. The van der Waals surface area contributed by atoms with E-state index in [1.807, 2.05) is 13.8 Å². The molecule has 2 aromatic carbocycles. The van der Waals surface area contributed by atoms with E-state index in [0.717, 1.165) is 4.70 Å². The van der Waals surface area contributed by atoms with E-state index >= 15 is 0 Å². The van der Waals surface area contributed by atoms with Crippen molar-refractivity contribution in [2.24, 2.45) is 5.92 Å². The Bertz CT molecular complexity index is 1550. The summed E-state index contributed by atoms with van der Waals surface area (Å²) in [5, 5.41) is 0. The normalized spacial score (nSPS) is 15.6. The molecule has 0 saturated carbocycles. The first kappa shape index (κ1) is 30.9. The van der Waals surface area contributed by atoms with E-state index in [9.17, 15) is 22.6 Å². The van der Waals surface area contributed by atoms with Gasteiger partial charge >= 0.3 is 14.0 Å². The zero-order chi connectivity index (χ0) is 29.8. The molecule has 41 heavy (non-hydrogen) atoms. The van der Waals surface area contributed by atoms with Crippen molar-refractivity contribution >= 4 is 57.1 Å². The number of carbonyl (C=O) groups is 2. The zero-order valence-corrected chi connectivity index (χ0v) is 24.8. The van der Waals surface area contributed by atoms with Gasteiger partial charge in [-0.3, -0.25) is 9.52 Å². The first-order valence-corrected chi connectivity index (χ1v) is 16.5. The van der Waals surface area contributed by atoms with Crippen molar-refractivity contribution in [2.75, 3.05) is 24.6 Å². The monoisotopic (exact) mass is 627 g/mol. The van der Waals surface area contributed by atoms with Crippen molar-refractivity contribution in [3.63, 3.8) is 0 Å². The number of nitrogens with one attached hydrogen (secondary N) is 1. The summed E-state index contributed by atoms with van der Waals surface area (Å²) in [6.45, 7) is 3.52. The molecule has 1 aromatic heterocycles. The van der Waals surface area contributed by atoms with Crippen LogP contribution in [0.3, 0.4) is 0 Å². The molecule has 0 aliphatic carbocycles. The number of thiazole rings is 1. The number of piperidine rings is 1. The van der Waals surface area contributed by atoms with Gasteiger partial charge in [-0.15, -0.1) is 11.3 Å². The molecule has 222 valence electrons. The number of para-hydroxylation sites is 1. The van der Waals surface area contributed by atoms with Crippen molar-refractivity contribution in [3.8, 4) is 0 Å². The minimum atomic E-state index is -4.80. The molecule has 16 heteroatoms.